The molecule has 0 spiro atoms. The third kappa shape index (κ3) is 5.64. The molecule has 2 aromatic rings. The zero-order valence-electron chi connectivity index (χ0n) is 20.5. The lowest BCUT2D eigenvalue weighted by molar-refractivity contribution is -0.142. The summed E-state index contributed by atoms with van der Waals surface area (Å²) in [6, 6.07) is 11.9. The first-order valence-electron chi connectivity index (χ1n) is 12.4. The van der Waals surface area contributed by atoms with E-state index < -0.39 is 5.97 Å². The van der Waals surface area contributed by atoms with Crippen molar-refractivity contribution >= 4 is 11.7 Å². The second-order valence-electron chi connectivity index (χ2n) is 9.87. The minimum Gasteiger partial charge on any atom is -0.481 e. The molecule has 0 saturated heterocycles. The van der Waals surface area contributed by atoms with E-state index in [1.807, 2.05) is 0 Å². The van der Waals surface area contributed by atoms with Crippen LogP contribution in [0.15, 0.2) is 75.8 Å². The normalized spacial score (nSPS) is 21.7. The molecule has 1 aromatic carbocycles. The van der Waals surface area contributed by atoms with Crippen LogP contribution >= 0.6 is 0 Å². The molecule has 0 bridgehead atoms. The smallest absolute Gasteiger partial charge is 0.306 e. The number of oxime groups is 1. The summed E-state index contributed by atoms with van der Waals surface area (Å²) in [6.45, 7) is 2.13. The monoisotopic (exact) mass is 474 g/mol. The molecule has 1 atom stereocenters. The van der Waals surface area contributed by atoms with Crippen LogP contribution in [0.3, 0.4) is 0 Å². The van der Waals surface area contributed by atoms with E-state index in [1.54, 1.807) is 19.3 Å². The maximum Gasteiger partial charge on any atom is 0.306 e. The molecule has 4 rings (SSSR count). The third-order valence-corrected chi connectivity index (χ3v) is 7.70. The number of carbonyl (C=O) groups is 1. The molecular weight excluding hydrogens is 440 g/mol. The molecule has 1 heterocycles. The molecule has 0 amide bonds. The topological polar surface area (TPSA) is 91.9 Å². The van der Waals surface area contributed by atoms with Crippen LogP contribution in [0.5, 0.6) is 0 Å². The van der Waals surface area contributed by atoms with Crippen molar-refractivity contribution in [1.29, 1.82) is 0 Å². The molecule has 2 N–H and O–H groups in total. The Morgan fingerprint density at radius 3 is 2.43 bits per heavy atom. The van der Waals surface area contributed by atoms with Gasteiger partial charge in [0, 0.05) is 37.2 Å². The maximum absolute atomic E-state index is 11.8. The maximum atomic E-state index is 11.8. The number of carboxylic acid groups (broad SMARTS) is 1. The highest BCUT2D eigenvalue weighted by atomic mass is 16.4. The van der Waals surface area contributed by atoms with E-state index in [4.69, 9.17) is 0 Å². The number of rotatable bonds is 7. The Morgan fingerprint density at radius 1 is 1.11 bits per heavy atom. The number of benzene rings is 1. The fourth-order valence-electron chi connectivity index (χ4n) is 5.54. The van der Waals surface area contributed by atoms with Crippen molar-refractivity contribution in [2.75, 3.05) is 0 Å². The van der Waals surface area contributed by atoms with Crippen LogP contribution in [-0.4, -0.2) is 26.6 Å². The van der Waals surface area contributed by atoms with E-state index in [0.717, 1.165) is 44.1 Å². The highest BCUT2D eigenvalue weighted by molar-refractivity contribution is 6.00. The van der Waals surface area contributed by atoms with E-state index in [2.05, 4.69) is 48.5 Å². The average Bonchev–Trinajstić information content (AvgIpc) is 2.87. The Bertz CT molecular complexity index is 1210. The molecular formula is C29H34N2O4. The number of aliphatic carboxylic acids is 1. The average molecular weight is 475 g/mol. The van der Waals surface area contributed by atoms with Gasteiger partial charge in [0.25, 0.3) is 0 Å². The molecule has 1 fully saturated rings. The Labute approximate surface area is 206 Å². The van der Waals surface area contributed by atoms with Crippen LogP contribution in [0.1, 0.15) is 80.4 Å². The minimum absolute atomic E-state index is 0.0554. The molecule has 2 aliphatic carbocycles. The number of carboxylic acids is 1. The summed E-state index contributed by atoms with van der Waals surface area (Å²) < 4.78 is 1.50. The summed E-state index contributed by atoms with van der Waals surface area (Å²) in [5.74, 6) is -0.429. The van der Waals surface area contributed by atoms with Crippen LogP contribution in [0.4, 0.5) is 0 Å². The van der Waals surface area contributed by atoms with Crippen molar-refractivity contribution in [3.63, 3.8) is 0 Å². The van der Waals surface area contributed by atoms with Gasteiger partial charge in [-0.15, -0.1) is 0 Å². The Kier molecular flexibility index (Phi) is 7.69. The molecule has 0 radical (unpaired) electrons. The third-order valence-electron chi connectivity index (χ3n) is 7.70. The fourth-order valence-corrected chi connectivity index (χ4v) is 5.54. The summed E-state index contributed by atoms with van der Waals surface area (Å²) in [5, 5.41) is 22.8. The molecule has 0 aliphatic heterocycles. The van der Waals surface area contributed by atoms with Gasteiger partial charge in [0.05, 0.1) is 11.6 Å². The van der Waals surface area contributed by atoms with Crippen molar-refractivity contribution in [2.45, 2.75) is 63.7 Å². The number of nitrogens with zero attached hydrogens (tertiary/aromatic N) is 2. The molecule has 184 valence electrons. The zero-order valence-corrected chi connectivity index (χ0v) is 20.5. The lowest BCUT2D eigenvalue weighted by atomic mass is 9.77. The number of hydrogen-bond acceptors (Lipinski definition) is 4. The van der Waals surface area contributed by atoms with E-state index in [9.17, 15) is 19.9 Å². The van der Waals surface area contributed by atoms with Gasteiger partial charge in [0.1, 0.15) is 0 Å². The van der Waals surface area contributed by atoms with Crippen LogP contribution in [0, 0.1) is 5.92 Å². The van der Waals surface area contributed by atoms with Gasteiger partial charge >= 0.3 is 5.97 Å². The molecule has 6 heteroatoms. The van der Waals surface area contributed by atoms with E-state index in [0.29, 0.717) is 18.1 Å². The summed E-state index contributed by atoms with van der Waals surface area (Å²) in [5.41, 5.74) is 6.20. The van der Waals surface area contributed by atoms with Crippen LogP contribution in [0.2, 0.25) is 0 Å². The van der Waals surface area contributed by atoms with Gasteiger partial charge in [-0.3, -0.25) is 9.59 Å². The van der Waals surface area contributed by atoms with Gasteiger partial charge in [-0.2, -0.15) is 0 Å². The molecule has 0 unspecified atom stereocenters. The molecule has 35 heavy (non-hydrogen) atoms. The molecule has 6 nitrogen and oxygen atoms in total. The first-order valence-corrected chi connectivity index (χ1v) is 12.4. The zero-order chi connectivity index (χ0) is 24.9. The molecule has 1 aromatic heterocycles. The predicted molar refractivity (Wildman–Crippen MR) is 137 cm³/mol. The number of pyridine rings is 1. The SMILES string of the molecule is CC1=C([C@@H](C/C(=N\O)c2ccc(=O)n(C)c2)c2ccc(C3CCC(C(=O)O)CC3)cc2)CCC=C1. The van der Waals surface area contributed by atoms with Gasteiger partial charge in [0.15, 0.2) is 0 Å². The lowest BCUT2D eigenvalue weighted by Crippen LogP contribution is -2.20. The summed E-state index contributed by atoms with van der Waals surface area (Å²) in [7, 11) is 1.69. The van der Waals surface area contributed by atoms with Crippen molar-refractivity contribution in [3.05, 3.63) is 92.9 Å². The van der Waals surface area contributed by atoms with E-state index in [-0.39, 0.29) is 17.4 Å². The standard InChI is InChI=1S/C29H34N2O4/c1-19-5-3-4-6-25(19)26(17-27(30-35)24-15-16-28(32)31(2)18-24)22-11-7-20(8-12-22)21-9-13-23(14-10-21)29(33)34/h3,5,7-8,11-12,15-16,18,21,23,26,35H,4,6,9-10,13-14,17H2,1-2H3,(H,33,34)/b30-27+/t21?,23?,26-/m0/s1. The summed E-state index contributed by atoms with van der Waals surface area (Å²) in [4.78, 5) is 23.1. The lowest BCUT2D eigenvalue weighted by Gasteiger charge is -2.28. The van der Waals surface area contributed by atoms with Gasteiger partial charge in [-0.05, 0) is 68.6 Å². The van der Waals surface area contributed by atoms with Gasteiger partial charge < -0.3 is 14.9 Å². The second-order valence-corrected chi connectivity index (χ2v) is 9.87. The van der Waals surface area contributed by atoms with Crippen molar-refractivity contribution in [1.82, 2.24) is 4.57 Å². The first-order chi connectivity index (χ1) is 16.9. The number of hydrogen-bond donors (Lipinski definition) is 2. The second kappa shape index (κ2) is 10.9. The highest BCUT2D eigenvalue weighted by Crippen LogP contribution is 2.39. The number of aromatic nitrogens is 1. The Hall–Kier alpha value is -3.41. The van der Waals surface area contributed by atoms with Crippen LogP contribution in [0.25, 0.3) is 0 Å². The van der Waals surface area contributed by atoms with Crippen molar-refractivity contribution in [3.8, 4) is 0 Å². The predicted octanol–water partition coefficient (Wildman–Crippen LogP) is 5.76. The Balaban J connectivity index is 1.61. The largest absolute Gasteiger partial charge is 0.481 e. The number of allylic oxidation sites excluding steroid dienone is 4. The van der Waals surface area contributed by atoms with Gasteiger partial charge in [-0.1, -0.05) is 52.7 Å². The van der Waals surface area contributed by atoms with Crippen molar-refractivity contribution < 1.29 is 15.1 Å². The number of aryl methyl sites for hydroxylation is 1. The van der Waals surface area contributed by atoms with Crippen molar-refractivity contribution in [2.24, 2.45) is 18.1 Å². The van der Waals surface area contributed by atoms with E-state index in [1.165, 1.54) is 32.9 Å². The quantitative estimate of drug-likeness (QED) is 0.303. The van der Waals surface area contributed by atoms with Gasteiger partial charge in [0.2, 0.25) is 5.56 Å². The fraction of sp³-hybridized carbons (Fsp3) is 0.414. The first kappa shape index (κ1) is 24.7. The van der Waals surface area contributed by atoms with E-state index >= 15 is 0 Å². The highest BCUT2D eigenvalue weighted by Gasteiger charge is 2.27. The minimum atomic E-state index is -0.674. The van der Waals surface area contributed by atoms with Crippen LogP contribution in [-0.2, 0) is 11.8 Å². The molecule has 1 saturated carbocycles. The molecule has 2 aliphatic rings. The van der Waals surface area contributed by atoms with Crippen LogP contribution < -0.4 is 5.56 Å². The Morgan fingerprint density at radius 2 is 1.83 bits per heavy atom. The summed E-state index contributed by atoms with van der Waals surface area (Å²) >= 11 is 0. The summed E-state index contributed by atoms with van der Waals surface area (Å²) in [6.07, 6.45) is 11.8. The van der Waals surface area contributed by atoms with Gasteiger partial charge in [-0.25, -0.2) is 0 Å².